The Bertz CT molecular complexity index is 1520. The van der Waals surface area contributed by atoms with Gasteiger partial charge in [-0.15, -0.1) is 0 Å². The molecule has 7 nitrogen and oxygen atoms in total. The topological polar surface area (TPSA) is 96.1 Å². The summed E-state index contributed by atoms with van der Waals surface area (Å²) in [5.41, 5.74) is 3.19. The fraction of sp³-hybridized carbons (Fsp3) is 0.192. The third-order valence-corrected chi connectivity index (χ3v) is 6.27. The molecular weight excluding hydrogens is 467 g/mol. The minimum Gasteiger partial charge on any atom is -0.332 e. The molecule has 0 radical (unpaired) electrons. The van der Waals surface area contributed by atoms with Crippen molar-refractivity contribution in [3.05, 3.63) is 101 Å². The molecule has 0 aliphatic rings. The van der Waals surface area contributed by atoms with Crippen molar-refractivity contribution in [3.8, 4) is 6.07 Å². The molecule has 1 amide bonds. The summed E-state index contributed by atoms with van der Waals surface area (Å²) in [7, 11) is -3.39. The lowest BCUT2D eigenvalue weighted by Gasteiger charge is -2.24. The molecule has 0 unspecified atom stereocenters. The van der Waals surface area contributed by atoms with Gasteiger partial charge in [0, 0.05) is 19.3 Å². The predicted octanol–water partition coefficient (Wildman–Crippen LogP) is 3.82. The summed E-state index contributed by atoms with van der Waals surface area (Å²) in [5, 5.41) is 9.05. The van der Waals surface area contributed by atoms with Gasteiger partial charge in [-0.1, -0.05) is 36.4 Å². The van der Waals surface area contributed by atoms with Gasteiger partial charge in [0.1, 0.15) is 23.9 Å². The van der Waals surface area contributed by atoms with Crippen LogP contribution in [0.25, 0.3) is 11.0 Å². The molecule has 0 spiro atoms. The van der Waals surface area contributed by atoms with Gasteiger partial charge in [0.05, 0.1) is 22.7 Å². The highest BCUT2D eigenvalue weighted by Crippen LogP contribution is 2.20. The fourth-order valence-corrected chi connectivity index (χ4v) is 4.56. The van der Waals surface area contributed by atoms with Crippen LogP contribution in [0.1, 0.15) is 22.5 Å². The van der Waals surface area contributed by atoms with Crippen LogP contribution in [-0.4, -0.2) is 35.0 Å². The minimum absolute atomic E-state index is 0.128. The molecule has 0 aliphatic carbocycles. The quantitative estimate of drug-likeness (QED) is 0.374. The van der Waals surface area contributed by atoms with E-state index in [4.69, 9.17) is 5.26 Å². The van der Waals surface area contributed by atoms with E-state index in [0.717, 1.165) is 11.8 Å². The number of benzene rings is 3. The maximum atomic E-state index is 13.8. The molecule has 0 aliphatic heterocycles. The second-order valence-corrected chi connectivity index (χ2v) is 10.5. The summed E-state index contributed by atoms with van der Waals surface area (Å²) >= 11 is 0. The van der Waals surface area contributed by atoms with E-state index in [-0.39, 0.29) is 37.1 Å². The molecule has 0 bridgehead atoms. The molecule has 4 aromatic rings. The van der Waals surface area contributed by atoms with Crippen LogP contribution < -0.4 is 0 Å². The van der Waals surface area contributed by atoms with E-state index in [2.05, 4.69) is 11.1 Å². The lowest BCUT2D eigenvalue weighted by atomic mass is 10.1. The van der Waals surface area contributed by atoms with E-state index in [1.807, 2.05) is 0 Å². The van der Waals surface area contributed by atoms with E-state index in [0.29, 0.717) is 22.2 Å². The van der Waals surface area contributed by atoms with Crippen molar-refractivity contribution in [3.63, 3.8) is 0 Å². The van der Waals surface area contributed by atoms with Crippen molar-refractivity contribution < 1.29 is 17.6 Å². The molecule has 1 aromatic heterocycles. The highest BCUT2D eigenvalue weighted by atomic mass is 32.2. The second-order valence-electron chi connectivity index (χ2n) is 8.36. The lowest BCUT2D eigenvalue weighted by Crippen LogP contribution is -2.33. The number of hydrogen-bond donors (Lipinski definition) is 0. The van der Waals surface area contributed by atoms with Gasteiger partial charge in [0.15, 0.2) is 9.84 Å². The third-order valence-electron chi connectivity index (χ3n) is 5.49. The van der Waals surface area contributed by atoms with Crippen LogP contribution in [0, 0.1) is 17.1 Å². The average molecular weight is 491 g/mol. The first-order valence-corrected chi connectivity index (χ1v) is 12.9. The predicted molar refractivity (Wildman–Crippen MR) is 130 cm³/mol. The number of amides is 1. The SMILES string of the molecule is CS(=O)(=O)Cc1nc2ccccc2n1CC(=O)N(Cc1ccc(C#N)cc1)Cc1cccc(F)c1. The standard InChI is InChI=1S/C26H23FN4O3S/c1-35(33,34)18-25-29-23-7-2-3-8-24(23)31(25)17-26(32)30(16-21-5-4-6-22(27)13-21)15-20-11-9-19(14-28)10-12-20/h2-13H,15-18H2,1H3. The molecule has 0 atom stereocenters. The second kappa shape index (κ2) is 10.1. The molecule has 3 aromatic carbocycles. The van der Waals surface area contributed by atoms with E-state index >= 15 is 0 Å². The number of hydrogen-bond acceptors (Lipinski definition) is 5. The third kappa shape index (κ3) is 6.11. The Hall–Kier alpha value is -4.03. The van der Waals surface area contributed by atoms with Crippen LogP contribution in [0.15, 0.2) is 72.8 Å². The summed E-state index contributed by atoms with van der Waals surface area (Å²) in [6.45, 7) is 0.261. The number of fused-ring (bicyclic) bond motifs is 1. The summed E-state index contributed by atoms with van der Waals surface area (Å²) < 4.78 is 39.5. The number of imidazole rings is 1. The number of carbonyl (C=O) groups is 1. The van der Waals surface area contributed by atoms with E-state index < -0.39 is 15.7 Å². The first kappa shape index (κ1) is 24.1. The number of para-hydroxylation sites is 2. The Morgan fingerprint density at radius 1 is 1.03 bits per heavy atom. The van der Waals surface area contributed by atoms with Crippen LogP contribution in [0.2, 0.25) is 0 Å². The first-order chi connectivity index (χ1) is 16.7. The zero-order valence-corrected chi connectivity index (χ0v) is 19.9. The molecule has 35 heavy (non-hydrogen) atoms. The average Bonchev–Trinajstić information content (AvgIpc) is 3.14. The van der Waals surface area contributed by atoms with Gasteiger partial charge in [-0.3, -0.25) is 4.79 Å². The molecule has 0 saturated heterocycles. The molecule has 0 N–H and O–H groups in total. The minimum atomic E-state index is -3.39. The van der Waals surface area contributed by atoms with Crippen LogP contribution in [0.5, 0.6) is 0 Å². The Balaban J connectivity index is 1.68. The van der Waals surface area contributed by atoms with E-state index in [9.17, 15) is 17.6 Å². The summed E-state index contributed by atoms with van der Waals surface area (Å²) in [6, 6.07) is 22.2. The summed E-state index contributed by atoms with van der Waals surface area (Å²) in [4.78, 5) is 19.6. The fourth-order valence-electron chi connectivity index (χ4n) is 3.87. The Morgan fingerprint density at radius 2 is 1.74 bits per heavy atom. The zero-order chi connectivity index (χ0) is 25.0. The maximum absolute atomic E-state index is 13.8. The molecule has 1 heterocycles. The Labute approximate surface area is 203 Å². The zero-order valence-electron chi connectivity index (χ0n) is 19.1. The van der Waals surface area contributed by atoms with Crippen molar-refractivity contribution in [2.45, 2.75) is 25.4 Å². The normalized spacial score (nSPS) is 11.3. The molecule has 0 saturated carbocycles. The molecule has 0 fully saturated rings. The Kier molecular flexibility index (Phi) is 6.94. The van der Waals surface area contributed by atoms with Gasteiger partial charge in [-0.25, -0.2) is 17.8 Å². The lowest BCUT2D eigenvalue weighted by molar-refractivity contribution is -0.133. The van der Waals surface area contributed by atoms with E-state index in [1.165, 1.54) is 12.1 Å². The Morgan fingerprint density at radius 3 is 2.43 bits per heavy atom. The smallest absolute Gasteiger partial charge is 0.243 e. The number of carbonyl (C=O) groups excluding carboxylic acids is 1. The number of nitrogens with zero attached hydrogens (tertiary/aromatic N) is 4. The summed E-state index contributed by atoms with van der Waals surface area (Å²) in [6.07, 6.45) is 1.12. The van der Waals surface area contributed by atoms with Crippen molar-refractivity contribution in [1.82, 2.24) is 14.5 Å². The van der Waals surface area contributed by atoms with Gasteiger partial charge >= 0.3 is 0 Å². The van der Waals surface area contributed by atoms with Crippen LogP contribution in [-0.2, 0) is 40.0 Å². The van der Waals surface area contributed by atoms with Crippen LogP contribution in [0.3, 0.4) is 0 Å². The summed E-state index contributed by atoms with van der Waals surface area (Å²) in [5.74, 6) is -0.693. The number of nitriles is 1. The van der Waals surface area contributed by atoms with Gasteiger partial charge < -0.3 is 9.47 Å². The molecule has 4 rings (SSSR count). The maximum Gasteiger partial charge on any atom is 0.243 e. The molecule has 9 heteroatoms. The highest BCUT2D eigenvalue weighted by Gasteiger charge is 2.21. The van der Waals surface area contributed by atoms with Gasteiger partial charge in [-0.05, 0) is 47.5 Å². The van der Waals surface area contributed by atoms with Gasteiger partial charge in [0.2, 0.25) is 5.91 Å². The monoisotopic (exact) mass is 490 g/mol. The number of sulfone groups is 1. The van der Waals surface area contributed by atoms with Crippen molar-refractivity contribution >= 4 is 26.8 Å². The number of aromatic nitrogens is 2. The largest absolute Gasteiger partial charge is 0.332 e. The highest BCUT2D eigenvalue weighted by molar-refractivity contribution is 7.89. The first-order valence-electron chi connectivity index (χ1n) is 10.8. The molecular formula is C26H23FN4O3S. The molecule has 178 valence electrons. The number of halogens is 1. The van der Waals surface area contributed by atoms with Crippen molar-refractivity contribution in [2.75, 3.05) is 6.26 Å². The van der Waals surface area contributed by atoms with Crippen molar-refractivity contribution in [1.29, 1.82) is 5.26 Å². The number of rotatable bonds is 8. The van der Waals surface area contributed by atoms with Gasteiger partial charge in [0.25, 0.3) is 0 Å². The van der Waals surface area contributed by atoms with Gasteiger partial charge in [-0.2, -0.15) is 5.26 Å². The van der Waals surface area contributed by atoms with Crippen molar-refractivity contribution in [2.24, 2.45) is 0 Å². The van der Waals surface area contributed by atoms with Crippen LogP contribution >= 0.6 is 0 Å². The van der Waals surface area contributed by atoms with E-state index in [1.54, 1.807) is 70.1 Å². The van der Waals surface area contributed by atoms with Crippen LogP contribution in [0.4, 0.5) is 4.39 Å².